The molecule has 0 bridgehead atoms. The molecule has 0 aliphatic rings. The first kappa shape index (κ1) is 34.4. The average Bonchev–Trinajstić information content (AvgIpc) is 2.72. The quantitative estimate of drug-likeness (QED) is 0.291. The first-order valence-electron chi connectivity index (χ1n) is 10.3. The molecule has 0 aliphatic carbocycles. The second-order valence-corrected chi connectivity index (χ2v) is 6.83. The second-order valence-electron chi connectivity index (χ2n) is 6.83. The molecule has 3 N–H and O–H groups in total. The van der Waals surface area contributed by atoms with E-state index in [1.54, 1.807) is 0 Å². The van der Waals surface area contributed by atoms with Crippen molar-refractivity contribution in [3.63, 3.8) is 0 Å². The number of methoxy groups -OCH3 is 3. The Balaban J connectivity index is -0.000000424. The molecule has 0 saturated carbocycles. The number of rotatable bonds is 11. The Kier molecular flexibility index (Phi) is 23.6. The summed E-state index contributed by atoms with van der Waals surface area (Å²) in [5.41, 5.74) is 0. The van der Waals surface area contributed by atoms with E-state index in [4.69, 9.17) is 20.1 Å². The van der Waals surface area contributed by atoms with Crippen molar-refractivity contribution in [2.45, 2.75) is 90.6 Å². The number of carbonyl (C=O) groups excluding carboxylic acids is 4. The predicted octanol–water partition coefficient (Wildman–Crippen LogP) is 0.893. The van der Waals surface area contributed by atoms with E-state index >= 15 is 0 Å². The van der Waals surface area contributed by atoms with Crippen LogP contribution in [0.3, 0.4) is 0 Å². The van der Waals surface area contributed by atoms with Gasteiger partial charge in [-0.1, -0.05) is 13.8 Å². The summed E-state index contributed by atoms with van der Waals surface area (Å²) < 4.78 is 18.0. The second kappa shape index (κ2) is 22.0. The molecule has 0 rings (SSSR count). The monoisotopic (exact) mass is 468 g/mol. The van der Waals surface area contributed by atoms with Crippen LogP contribution < -0.4 is 0 Å². The van der Waals surface area contributed by atoms with Crippen molar-refractivity contribution in [3.8, 4) is 0 Å². The van der Waals surface area contributed by atoms with Crippen molar-refractivity contribution in [2.24, 2.45) is 0 Å². The molecule has 0 aromatic heterocycles. The summed E-state index contributed by atoms with van der Waals surface area (Å²) >= 11 is 0. The topological polar surface area (TPSA) is 166 Å². The van der Waals surface area contributed by atoms with Crippen LogP contribution in [0.5, 0.6) is 0 Å². The van der Waals surface area contributed by atoms with Crippen LogP contribution in [0.25, 0.3) is 0 Å². The van der Waals surface area contributed by atoms with E-state index in [0.717, 1.165) is 0 Å². The summed E-state index contributed by atoms with van der Waals surface area (Å²) in [5, 5.41) is 26.4. The third kappa shape index (κ3) is 25.8. The summed E-state index contributed by atoms with van der Waals surface area (Å²) in [4.78, 5) is 42.7. The fourth-order valence-corrected chi connectivity index (χ4v) is 1.76. The van der Waals surface area contributed by atoms with Gasteiger partial charge in [0.1, 0.15) is 6.10 Å². The molecule has 11 heteroatoms. The summed E-state index contributed by atoms with van der Waals surface area (Å²) in [6.45, 7) is 6.66. The van der Waals surface area contributed by atoms with Gasteiger partial charge in [0.05, 0.1) is 65.3 Å². The highest BCUT2D eigenvalue weighted by Crippen LogP contribution is 2.07. The Morgan fingerprint density at radius 2 is 1.00 bits per heavy atom. The highest BCUT2D eigenvalue weighted by molar-refractivity contribution is 5.72. The maximum atomic E-state index is 11.2. The van der Waals surface area contributed by atoms with E-state index in [1.165, 1.54) is 35.2 Å². The first-order valence-corrected chi connectivity index (χ1v) is 10.3. The molecule has 190 valence electrons. The number of hydrogen-bond donors (Lipinski definition) is 3. The molecule has 0 radical (unpaired) electrons. The largest absolute Gasteiger partial charge is 0.469 e. The third-order valence-electron chi connectivity index (χ3n) is 3.63. The van der Waals surface area contributed by atoms with Gasteiger partial charge in [-0.2, -0.15) is 0 Å². The smallest absolute Gasteiger partial charge is 0.309 e. The Morgan fingerprint density at radius 1 is 0.625 bits per heavy atom. The lowest BCUT2D eigenvalue weighted by Gasteiger charge is -2.15. The van der Waals surface area contributed by atoms with Crippen LogP contribution in [0.4, 0.5) is 0 Å². The minimum atomic E-state index is -0.729. The number of aliphatic hydroxyl groups excluding tert-OH is 3. The zero-order valence-corrected chi connectivity index (χ0v) is 20.2. The molecule has 0 aromatic rings. The molecule has 0 aliphatic heterocycles. The lowest BCUT2D eigenvalue weighted by molar-refractivity contribution is -0.155. The van der Waals surface area contributed by atoms with Gasteiger partial charge in [-0.25, -0.2) is 0 Å². The van der Waals surface area contributed by atoms with E-state index in [-0.39, 0.29) is 37.6 Å². The molecule has 0 amide bonds. The van der Waals surface area contributed by atoms with Crippen molar-refractivity contribution in [3.05, 3.63) is 0 Å². The molecule has 0 spiro atoms. The lowest BCUT2D eigenvalue weighted by atomic mass is 10.2. The predicted molar refractivity (Wildman–Crippen MR) is 114 cm³/mol. The molecule has 0 fully saturated rings. The van der Waals surface area contributed by atoms with E-state index in [9.17, 15) is 19.2 Å². The zero-order chi connectivity index (χ0) is 25.7. The van der Waals surface area contributed by atoms with Gasteiger partial charge in [-0.3, -0.25) is 19.2 Å². The first-order chi connectivity index (χ1) is 14.9. The van der Waals surface area contributed by atoms with Crippen molar-refractivity contribution in [1.82, 2.24) is 0 Å². The maximum absolute atomic E-state index is 11.2. The van der Waals surface area contributed by atoms with E-state index in [1.807, 2.05) is 13.8 Å². The van der Waals surface area contributed by atoms with Crippen LogP contribution in [0.1, 0.15) is 66.2 Å². The fraction of sp³-hybridized carbons (Fsp3) is 0.810. The number of hydrogen-bond acceptors (Lipinski definition) is 11. The molecule has 0 saturated heterocycles. The Bertz CT molecular complexity index is 518. The number of carbonyl (C=O) groups is 4. The SMILES string of the molecule is CCC(CC(=O)OC)OC(=O)CC(C)O.CCC(O)CC(=O)OC.COC(=O)CC(C)O. The minimum Gasteiger partial charge on any atom is -0.469 e. The van der Waals surface area contributed by atoms with Crippen LogP contribution in [0.15, 0.2) is 0 Å². The molecule has 32 heavy (non-hydrogen) atoms. The Morgan fingerprint density at radius 3 is 1.31 bits per heavy atom. The summed E-state index contributed by atoms with van der Waals surface area (Å²) in [6.07, 6.45) is -1.02. The molecule has 11 nitrogen and oxygen atoms in total. The maximum Gasteiger partial charge on any atom is 0.309 e. The van der Waals surface area contributed by atoms with Gasteiger partial charge in [-0.05, 0) is 26.7 Å². The van der Waals surface area contributed by atoms with Crippen LogP contribution in [-0.4, -0.2) is 84.9 Å². The fourth-order valence-electron chi connectivity index (χ4n) is 1.76. The highest BCUT2D eigenvalue weighted by atomic mass is 16.6. The van der Waals surface area contributed by atoms with Crippen LogP contribution in [0.2, 0.25) is 0 Å². The lowest BCUT2D eigenvalue weighted by Crippen LogP contribution is -2.23. The minimum absolute atomic E-state index is 0.0541. The van der Waals surface area contributed by atoms with Gasteiger partial charge in [0.25, 0.3) is 0 Å². The van der Waals surface area contributed by atoms with Crippen molar-refractivity contribution in [2.75, 3.05) is 21.3 Å². The van der Waals surface area contributed by atoms with Gasteiger partial charge < -0.3 is 34.3 Å². The summed E-state index contributed by atoms with van der Waals surface area (Å²) in [7, 11) is 3.89. The van der Waals surface area contributed by atoms with Crippen molar-refractivity contribution in [1.29, 1.82) is 0 Å². The summed E-state index contributed by atoms with van der Waals surface area (Å²) in [5.74, 6) is -1.64. The third-order valence-corrected chi connectivity index (χ3v) is 3.63. The number of aliphatic hydroxyl groups is 3. The normalized spacial score (nSPS) is 13.4. The Hall–Kier alpha value is -2.24. The molecule has 0 heterocycles. The molecular formula is C21H40O11. The van der Waals surface area contributed by atoms with E-state index in [2.05, 4.69) is 14.2 Å². The highest BCUT2D eigenvalue weighted by Gasteiger charge is 2.18. The summed E-state index contributed by atoms with van der Waals surface area (Å²) in [6, 6.07) is 0. The van der Waals surface area contributed by atoms with Crippen LogP contribution >= 0.6 is 0 Å². The van der Waals surface area contributed by atoms with E-state index in [0.29, 0.717) is 12.8 Å². The molecule has 4 unspecified atom stereocenters. The zero-order valence-electron chi connectivity index (χ0n) is 20.2. The van der Waals surface area contributed by atoms with Crippen LogP contribution in [0, 0.1) is 0 Å². The number of ether oxygens (including phenoxy) is 4. The van der Waals surface area contributed by atoms with Gasteiger partial charge in [-0.15, -0.1) is 0 Å². The van der Waals surface area contributed by atoms with E-state index < -0.39 is 36.4 Å². The Labute approximate surface area is 190 Å². The van der Waals surface area contributed by atoms with Crippen molar-refractivity contribution < 1.29 is 53.4 Å². The number of esters is 4. The van der Waals surface area contributed by atoms with Gasteiger partial charge in [0.2, 0.25) is 0 Å². The van der Waals surface area contributed by atoms with Crippen LogP contribution in [-0.2, 0) is 38.1 Å². The van der Waals surface area contributed by atoms with Gasteiger partial charge >= 0.3 is 23.9 Å². The molecule has 0 aromatic carbocycles. The van der Waals surface area contributed by atoms with Crippen molar-refractivity contribution >= 4 is 23.9 Å². The molecular weight excluding hydrogens is 428 g/mol. The van der Waals surface area contributed by atoms with Gasteiger partial charge in [0, 0.05) is 0 Å². The average molecular weight is 469 g/mol. The molecule has 4 atom stereocenters. The standard InChI is InChI=1S/C10H18O5.C6H12O3.C5H10O3/c1-4-8(6-9(12)14-3)15-10(13)5-7(2)11;1-3-5(7)4-6(8)9-2;1-4(6)3-5(7)8-2/h7-8,11H,4-6H2,1-3H3;5,7H,3-4H2,1-2H3;4,6H,3H2,1-2H3. The van der Waals surface area contributed by atoms with Gasteiger partial charge in [0.15, 0.2) is 0 Å².